The molecule has 2 rings (SSSR count). The van der Waals surface area contributed by atoms with Gasteiger partial charge >= 0.3 is 0 Å². The Labute approximate surface area is 120 Å². The Morgan fingerprint density at radius 3 is 2.65 bits per heavy atom. The first kappa shape index (κ1) is 14.3. The maximum atomic E-state index is 5.81. The van der Waals surface area contributed by atoms with Crippen LogP contribution in [0.4, 0.5) is 5.82 Å². The molecule has 0 aliphatic heterocycles. The lowest BCUT2D eigenvalue weighted by Crippen LogP contribution is -2.10. The van der Waals surface area contributed by atoms with Gasteiger partial charge < -0.3 is 10.1 Å². The lowest BCUT2D eigenvalue weighted by Gasteiger charge is -2.19. The predicted molar refractivity (Wildman–Crippen MR) is 81.4 cm³/mol. The largest absolute Gasteiger partial charge is 0.439 e. The summed E-state index contributed by atoms with van der Waals surface area (Å²) >= 11 is 0. The van der Waals surface area contributed by atoms with Crippen molar-refractivity contribution < 1.29 is 4.74 Å². The Hall–Kier alpha value is -2.10. The number of ether oxygens (including phenoxy) is 1. The summed E-state index contributed by atoms with van der Waals surface area (Å²) in [5, 5.41) is 3.14. The Balaban J connectivity index is 2.19. The third-order valence-electron chi connectivity index (χ3n) is 2.92. The van der Waals surface area contributed by atoms with Gasteiger partial charge in [0.2, 0.25) is 5.88 Å². The van der Waals surface area contributed by atoms with Crippen molar-refractivity contribution in [2.24, 2.45) is 0 Å². The van der Waals surface area contributed by atoms with E-state index in [4.69, 9.17) is 4.74 Å². The van der Waals surface area contributed by atoms with Crippen molar-refractivity contribution >= 4 is 5.82 Å². The Bertz CT molecular complexity index is 576. The molecule has 0 aliphatic carbocycles. The summed E-state index contributed by atoms with van der Waals surface area (Å²) in [6, 6.07) is 9.89. The lowest BCUT2D eigenvalue weighted by molar-refractivity contribution is 0.458. The maximum absolute atomic E-state index is 5.81. The molecule has 1 heterocycles. The zero-order valence-corrected chi connectivity index (χ0v) is 12.5. The van der Waals surface area contributed by atoms with E-state index in [0.717, 1.165) is 18.1 Å². The van der Waals surface area contributed by atoms with Gasteiger partial charge in [-0.1, -0.05) is 32.9 Å². The minimum atomic E-state index is 0.0972. The van der Waals surface area contributed by atoms with Gasteiger partial charge in [-0.2, -0.15) is 0 Å². The van der Waals surface area contributed by atoms with E-state index in [0.29, 0.717) is 5.88 Å². The summed E-state index contributed by atoms with van der Waals surface area (Å²) < 4.78 is 5.81. The van der Waals surface area contributed by atoms with Gasteiger partial charge in [-0.05, 0) is 30.0 Å². The molecule has 0 fully saturated rings. The highest BCUT2D eigenvalue weighted by Crippen LogP contribution is 2.28. The zero-order valence-electron chi connectivity index (χ0n) is 12.5. The Kier molecular flexibility index (Phi) is 4.23. The fourth-order valence-corrected chi connectivity index (χ4v) is 1.82. The molecule has 20 heavy (non-hydrogen) atoms. The summed E-state index contributed by atoms with van der Waals surface area (Å²) in [6.45, 7) is 9.38. The maximum Gasteiger partial charge on any atom is 0.224 e. The van der Waals surface area contributed by atoms with E-state index >= 15 is 0 Å². The standard InChI is InChI=1S/C16H21N3O/c1-5-17-14-10-15(19-11-18-14)20-13-8-6-7-12(9-13)16(2,3)4/h6-11H,5H2,1-4H3,(H,17,18,19). The first-order valence-electron chi connectivity index (χ1n) is 6.83. The summed E-state index contributed by atoms with van der Waals surface area (Å²) in [5.41, 5.74) is 1.33. The number of hydrogen-bond donors (Lipinski definition) is 1. The van der Waals surface area contributed by atoms with Gasteiger partial charge in [0, 0.05) is 12.6 Å². The average molecular weight is 271 g/mol. The third kappa shape index (κ3) is 3.70. The van der Waals surface area contributed by atoms with Crippen molar-refractivity contribution in [2.75, 3.05) is 11.9 Å². The fourth-order valence-electron chi connectivity index (χ4n) is 1.82. The molecule has 1 N–H and O–H groups in total. The molecule has 0 bridgehead atoms. The van der Waals surface area contributed by atoms with Crippen LogP contribution in [0.25, 0.3) is 0 Å². The predicted octanol–water partition coefficient (Wildman–Crippen LogP) is 4.00. The fraction of sp³-hybridized carbons (Fsp3) is 0.375. The second-order valence-corrected chi connectivity index (χ2v) is 5.65. The first-order valence-corrected chi connectivity index (χ1v) is 6.83. The van der Waals surface area contributed by atoms with E-state index in [2.05, 4.69) is 48.2 Å². The summed E-state index contributed by atoms with van der Waals surface area (Å²) in [7, 11) is 0. The van der Waals surface area contributed by atoms with Gasteiger partial charge in [0.25, 0.3) is 0 Å². The van der Waals surface area contributed by atoms with Crippen LogP contribution in [-0.2, 0) is 5.41 Å². The van der Waals surface area contributed by atoms with Gasteiger partial charge in [-0.3, -0.25) is 0 Å². The van der Waals surface area contributed by atoms with Crippen LogP contribution in [0.5, 0.6) is 11.6 Å². The molecular weight excluding hydrogens is 250 g/mol. The number of aromatic nitrogens is 2. The molecule has 1 aromatic heterocycles. The summed E-state index contributed by atoms with van der Waals surface area (Å²) in [4.78, 5) is 8.26. The molecule has 106 valence electrons. The molecule has 0 amide bonds. The Morgan fingerprint density at radius 1 is 1.15 bits per heavy atom. The average Bonchev–Trinajstić information content (AvgIpc) is 2.39. The van der Waals surface area contributed by atoms with Crippen LogP contribution in [-0.4, -0.2) is 16.5 Å². The highest BCUT2D eigenvalue weighted by Gasteiger charge is 2.14. The highest BCUT2D eigenvalue weighted by atomic mass is 16.5. The van der Waals surface area contributed by atoms with Gasteiger partial charge in [0.1, 0.15) is 17.9 Å². The van der Waals surface area contributed by atoms with Crippen LogP contribution in [0.2, 0.25) is 0 Å². The normalized spacial score (nSPS) is 11.2. The molecular formula is C16H21N3O. The number of rotatable bonds is 4. The number of benzene rings is 1. The second kappa shape index (κ2) is 5.90. The summed E-state index contributed by atoms with van der Waals surface area (Å²) in [5.74, 6) is 2.10. The van der Waals surface area contributed by atoms with Crippen LogP contribution in [0.1, 0.15) is 33.3 Å². The molecule has 0 saturated carbocycles. The van der Waals surface area contributed by atoms with Gasteiger partial charge in [0.15, 0.2) is 0 Å². The zero-order chi connectivity index (χ0) is 14.6. The van der Waals surface area contributed by atoms with E-state index in [1.165, 1.54) is 11.9 Å². The summed E-state index contributed by atoms with van der Waals surface area (Å²) in [6.07, 6.45) is 1.50. The molecule has 0 radical (unpaired) electrons. The molecule has 0 aliphatic rings. The number of nitrogens with zero attached hydrogens (tertiary/aromatic N) is 2. The van der Waals surface area contributed by atoms with Crippen molar-refractivity contribution in [2.45, 2.75) is 33.1 Å². The molecule has 0 unspecified atom stereocenters. The van der Waals surface area contributed by atoms with Crippen molar-refractivity contribution in [3.05, 3.63) is 42.2 Å². The van der Waals surface area contributed by atoms with Crippen LogP contribution in [0.15, 0.2) is 36.7 Å². The molecule has 0 atom stereocenters. The van der Waals surface area contributed by atoms with Crippen LogP contribution >= 0.6 is 0 Å². The van der Waals surface area contributed by atoms with Crippen molar-refractivity contribution in [1.82, 2.24) is 9.97 Å². The molecule has 0 spiro atoms. The Morgan fingerprint density at radius 2 is 1.95 bits per heavy atom. The highest BCUT2D eigenvalue weighted by molar-refractivity contribution is 5.40. The minimum absolute atomic E-state index is 0.0972. The van der Waals surface area contributed by atoms with Crippen LogP contribution < -0.4 is 10.1 Å². The smallest absolute Gasteiger partial charge is 0.224 e. The first-order chi connectivity index (χ1) is 9.49. The minimum Gasteiger partial charge on any atom is -0.439 e. The second-order valence-electron chi connectivity index (χ2n) is 5.65. The van der Waals surface area contributed by atoms with E-state index in [-0.39, 0.29) is 5.41 Å². The van der Waals surface area contributed by atoms with Crippen LogP contribution in [0, 0.1) is 0 Å². The monoisotopic (exact) mass is 271 g/mol. The number of anilines is 1. The van der Waals surface area contributed by atoms with E-state index in [1.54, 1.807) is 6.07 Å². The molecule has 0 saturated heterocycles. The van der Waals surface area contributed by atoms with E-state index in [1.807, 2.05) is 19.1 Å². The van der Waals surface area contributed by atoms with Gasteiger partial charge in [0.05, 0.1) is 0 Å². The lowest BCUT2D eigenvalue weighted by atomic mass is 9.87. The van der Waals surface area contributed by atoms with E-state index < -0.39 is 0 Å². The SMILES string of the molecule is CCNc1cc(Oc2cccc(C(C)(C)C)c2)ncn1. The number of hydrogen-bond acceptors (Lipinski definition) is 4. The topological polar surface area (TPSA) is 47.0 Å². The third-order valence-corrected chi connectivity index (χ3v) is 2.92. The number of nitrogens with one attached hydrogen (secondary N) is 1. The quantitative estimate of drug-likeness (QED) is 0.913. The molecule has 1 aromatic carbocycles. The van der Waals surface area contributed by atoms with Crippen molar-refractivity contribution in [1.29, 1.82) is 0 Å². The van der Waals surface area contributed by atoms with Crippen LogP contribution in [0.3, 0.4) is 0 Å². The van der Waals surface area contributed by atoms with E-state index in [9.17, 15) is 0 Å². The van der Waals surface area contributed by atoms with Gasteiger partial charge in [-0.15, -0.1) is 0 Å². The van der Waals surface area contributed by atoms with Crippen molar-refractivity contribution in [3.8, 4) is 11.6 Å². The van der Waals surface area contributed by atoms with Gasteiger partial charge in [-0.25, -0.2) is 9.97 Å². The van der Waals surface area contributed by atoms with Crippen molar-refractivity contribution in [3.63, 3.8) is 0 Å². The molecule has 2 aromatic rings. The molecule has 4 nitrogen and oxygen atoms in total. The molecule has 4 heteroatoms.